The minimum absolute atomic E-state index is 0.0828. The molecule has 16 saturated carbocycles. The number of carbonyl (C=O) groups is 4. The Kier molecular flexibility index (Phi) is 23.7. The van der Waals surface area contributed by atoms with E-state index < -0.39 is 22.4 Å². The predicted octanol–water partition coefficient (Wildman–Crippen LogP) is 21.9. The fraction of sp³-hybridized carbons (Fsp3) is 0.730. The Bertz CT molecular complexity index is 5430. The molecule has 706 valence electrons. The number of Topliss-reactive ketones (excluding diaryl/α,β-unsaturated/α-hetero) is 4. The zero-order chi connectivity index (χ0) is 91.0. The molecular weight excluding hydrogens is 1640 g/mol. The average Bonchev–Trinajstić information content (AvgIpc) is 1.63. The van der Waals surface area contributed by atoms with Crippen LogP contribution in [0.3, 0.4) is 0 Å². The lowest BCUT2D eigenvalue weighted by atomic mass is 9.49. The summed E-state index contributed by atoms with van der Waals surface area (Å²) in [6.45, 7) is 21.1. The normalized spacial score (nSPS) is 42.8. The third-order valence-electron chi connectivity index (χ3n) is 41.9. The fourth-order valence-electron chi connectivity index (χ4n) is 36.0. The van der Waals surface area contributed by atoms with E-state index in [2.05, 4.69) is 58.1 Å². The molecule has 4 N–H and O–H groups in total. The average molecular weight is 1790 g/mol. The van der Waals surface area contributed by atoms with Gasteiger partial charge in [-0.3, -0.25) is 47.9 Å². The van der Waals surface area contributed by atoms with E-state index in [0.29, 0.717) is 88.8 Å². The SMILES string of the molecule is C[C@@]1(O)CC[C@H]2[C@H](CC[C@@H]3[C@@H]2CC[C@]2(C)[C@@H](C(=O)Cn4cc5ccc(F)cc5n4)CC[C@@H]32)C1.C[C@@]1(O)CC[C@H]2[C@H](CC[C@@H]3[C@@H]2CC[C@]2(C)[C@@H](C(=O)Cn4ncc5ccc(F)cc54)CC[C@@H]32)C1.C[C@@]1(O)CC[C@H]2[C@H](CC[C@@H]3[C@@H]2CC[C@]2(C)[C@@H](C(=O)Cn4ncc5ccncc54)CC[C@@H]32)C1.Cc1cc2cn(CC(=O)[C@H]3CC[C@H]4[C@@H]5CC[C@@H]6C[C@](C)(O)CC[C@@H]6[C@H]5CC[C@]34C)nc2cn1. The van der Waals surface area contributed by atoms with Crippen LogP contribution in [0.5, 0.6) is 0 Å². The van der Waals surface area contributed by atoms with Gasteiger partial charge < -0.3 is 20.4 Å². The number of aliphatic hydroxyl groups is 4. The monoisotopic (exact) mass is 1790 g/mol. The summed E-state index contributed by atoms with van der Waals surface area (Å²) in [4.78, 5) is 62.8. The number of aryl methyl sites for hydroxylation is 1. The third-order valence-corrected chi connectivity index (χ3v) is 41.9. The number of benzene rings is 2. The molecule has 16 fully saturated rings. The molecule has 24 rings (SSSR count). The van der Waals surface area contributed by atoms with Crippen molar-refractivity contribution in [3.63, 3.8) is 0 Å². The van der Waals surface area contributed by atoms with Gasteiger partial charge in [0.15, 0.2) is 23.1 Å². The van der Waals surface area contributed by atoms with Gasteiger partial charge in [-0.25, -0.2) is 8.78 Å². The lowest BCUT2D eigenvalue weighted by Gasteiger charge is -2.56. The van der Waals surface area contributed by atoms with Gasteiger partial charge in [0.05, 0.1) is 76.8 Å². The molecule has 6 heterocycles. The lowest BCUT2D eigenvalue weighted by molar-refractivity contribution is -0.133. The molecule has 8 aromatic rings. The van der Waals surface area contributed by atoms with Gasteiger partial charge in [-0.1, -0.05) is 27.7 Å². The summed E-state index contributed by atoms with van der Waals surface area (Å²) >= 11 is 0. The Balaban J connectivity index is 0.000000105. The number of rotatable bonds is 12. The molecule has 32 atom stereocenters. The van der Waals surface area contributed by atoms with E-state index in [1.807, 2.05) is 80.9 Å². The molecule has 0 radical (unpaired) electrons. The molecule has 16 aliphatic rings. The minimum Gasteiger partial charge on any atom is -0.390 e. The van der Waals surface area contributed by atoms with Crippen LogP contribution in [0.15, 0.2) is 91.9 Å². The summed E-state index contributed by atoms with van der Waals surface area (Å²) in [5.41, 5.74) is 2.76. The first-order chi connectivity index (χ1) is 62.6. The highest BCUT2D eigenvalue weighted by Gasteiger charge is 2.64. The molecule has 16 aliphatic carbocycles. The van der Waals surface area contributed by atoms with Gasteiger partial charge in [-0.15, -0.1) is 0 Å². The van der Waals surface area contributed by atoms with Gasteiger partial charge in [0.2, 0.25) is 0 Å². The maximum Gasteiger partial charge on any atom is 0.157 e. The van der Waals surface area contributed by atoms with Crippen molar-refractivity contribution in [1.29, 1.82) is 0 Å². The highest BCUT2D eigenvalue weighted by atomic mass is 19.1. The van der Waals surface area contributed by atoms with Crippen molar-refractivity contribution >= 4 is 66.7 Å². The Hall–Kier alpha value is -7.00. The van der Waals surface area contributed by atoms with E-state index in [1.54, 1.807) is 40.1 Å². The fourth-order valence-corrected chi connectivity index (χ4v) is 36.0. The summed E-state index contributed by atoms with van der Waals surface area (Å²) in [7, 11) is 0. The largest absolute Gasteiger partial charge is 0.390 e. The summed E-state index contributed by atoms with van der Waals surface area (Å²) < 4.78 is 34.4. The van der Waals surface area contributed by atoms with Crippen LogP contribution in [0.4, 0.5) is 8.78 Å². The molecule has 0 saturated heterocycles. The van der Waals surface area contributed by atoms with E-state index in [1.165, 1.54) is 159 Å². The second-order valence-corrected chi connectivity index (χ2v) is 49.2. The molecule has 2 aromatic carbocycles. The number of aromatic nitrogens is 10. The van der Waals surface area contributed by atoms with Crippen LogP contribution < -0.4 is 0 Å². The van der Waals surface area contributed by atoms with E-state index in [4.69, 9.17) is 0 Å². The summed E-state index contributed by atoms with van der Waals surface area (Å²) in [5.74, 6) is 16.2. The van der Waals surface area contributed by atoms with Gasteiger partial charge in [0, 0.05) is 75.6 Å². The summed E-state index contributed by atoms with van der Waals surface area (Å²) in [5, 5.41) is 64.3. The highest BCUT2D eigenvalue weighted by Crippen LogP contribution is 2.70. The Morgan fingerprint density at radius 2 is 0.687 bits per heavy atom. The topological polar surface area (TPSA) is 246 Å². The smallest absolute Gasteiger partial charge is 0.157 e. The van der Waals surface area contributed by atoms with Crippen LogP contribution in [0.25, 0.3) is 43.6 Å². The van der Waals surface area contributed by atoms with Crippen molar-refractivity contribution in [2.75, 3.05) is 0 Å². The molecule has 20 heteroatoms. The molecule has 131 heavy (non-hydrogen) atoms. The standard InChI is InChI=1S/2C28H37FN2O2.C28H39N3O2.C27H37N3O2/c1-27(33)11-9-20-17(14-27)4-6-22-21(20)10-12-28(2)23(22)7-8-24(28)26(32)16-31-15-18-3-5-19(29)13-25(18)30-31;1-27(33)11-9-20-17(14-27)4-6-22-21(20)10-12-28(2)23(22)7-8-24(28)26(32)16-31-25-13-19(29)5-3-18(25)15-30-31;1-17-12-19-15-31(30-25(19)14-29-17)16-26(32)24-7-6-23-22-5-4-18-13-27(2,33)10-8-20(18)21(22)9-11-28(23,24)3;1-26(32)10-7-19-17(13-26)3-4-21-20(19)8-11-27(2)22(21)5-6-23(27)25(31)16-30-24-15-28-12-9-18(24)14-29-30/h2*3,5,13,15,17,20-24,33H,4,6-12,14,16H2,1-2H3;12,14-15,18,20-24,33H,4-11,13,16H2,1-3H3;9,12,14-15,17,19-23,32H,3-8,10-11,13,16H2,1-2H3/t2*17-,20+,21-,22-,23+,24-,27-,28+;18-,20+,21-,22-,23+,24-,27-,28+;17-,19+,20-,21-,22+,23-,26-,27+/m1111/s1. The Labute approximate surface area is 774 Å². The van der Waals surface area contributed by atoms with Gasteiger partial charge in [-0.2, -0.15) is 20.4 Å². The van der Waals surface area contributed by atoms with E-state index in [-0.39, 0.29) is 75.8 Å². The number of pyridine rings is 2. The van der Waals surface area contributed by atoms with E-state index in [0.717, 1.165) is 206 Å². The lowest BCUT2D eigenvalue weighted by Crippen LogP contribution is -2.51. The van der Waals surface area contributed by atoms with Crippen molar-refractivity contribution in [3.05, 3.63) is 109 Å². The Morgan fingerprint density at radius 3 is 1.09 bits per heavy atom. The first-order valence-corrected chi connectivity index (χ1v) is 52.4. The quantitative estimate of drug-likeness (QED) is 0.0889. The number of hydrogen-bond acceptors (Lipinski definition) is 14. The molecule has 0 bridgehead atoms. The molecular formula is C111H150F2N10O8. The van der Waals surface area contributed by atoms with Crippen LogP contribution >= 0.6 is 0 Å². The number of hydrogen-bond donors (Lipinski definition) is 4. The zero-order valence-electron chi connectivity index (χ0n) is 80.0. The second-order valence-electron chi connectivity index (χ2n) is 49.2. The third kappa shape index (κ3) is 16.6. The van der Waals surface area contributed by atoms with Crippen LogP contribution in [0.1, 0.15) is 292 Å². The number of carbonyl (C=O) groups excluding carboxylic acids is 4. The molecule has 0 aliphatic heterocycles. The summed E-state index contributed by atoms with van der Waals surface area (Å²) in [6.07, 6.45) is 54.2. The van der Waals surface area contributed by atoms with Crippen LogP contribution in [0.2, 0.25) is 0 Å². The molecule has 6 aromatic heterocycles. The minimum atomic E-state index is -0.471. The van der Waals surface area contributed by atoms with E-state index >= 15 is 0 Å². The molecule has 0 amide bonds. The number of ketones is 4. The highest BCUT2D eigenvalue weighted by molar-refractivity contribution is 5.87. The van der Waals surface area contributed by atoms with E-state index in [9.17, 15) is 48.4 Å². The van der Waals surface area contributed by atoms with Crippen molar-refractivity contribution in [2.24, 2.45) is 164 Å². The number of fused-ring (bicyclic) bond motifs is 24. The maximum atomic E-state index is 13.8. The van der Waals surface area contributed by atoms with Crippen LogP contribution in [-0.2, 0) is 45.4 Å². The van der Waals surface area contributed by atoms with Crippen molar-refractivity contribution in [2.45, 2.75) is 342 Å². The predicted molar refractivity (Wildman–Crippen MR) is 504 cm³/mol. The first-order valence-electron chi connectivity index (χ1n) is 52.4. The van der Waals surface area contributed by atoms with Crippen molar-refractivity contribution in [3.8, 4) is 0 Å². The van der Waals surface area contributed by atoms with Gasteiger partial charge in [0.25, 0.3) is 0 Å². The zero-order valence-corrected chi connectivity index (χ0v) is 80.0. The van der Waals surface area contributed by atoms with Gasteiger partial charge in [-0.05, 0) is 448 Å². The molecule has 0 unspecified atom stereocenters. The molecule has 18 nitrogen and oxygen atoms in total. The second kappa shape index (κ2) is 34.3. The van der Waals surface area contributed by atoms with Crippen LogP contribution in [-0.4, -0.2) is 115 Å². The first kappa shape index (κ1) is 90.5. The van der Waals surface area contributed by atoms with Gasteiger partial charge >= 0.3 is 0 Å². The summed E-state index contributed by atoms with van der Waals surface area (Å²) in [6, 6.07) is 13.3. The van der Waals surface area contributed by atoms with Crippen molar-refractivity contribution < 1.29 is 48.4 Å². The van der Waals surface area contributed by atoms with Gasteiger partial charge in [0.1, 0.15) is 30.2 Å². The number of halogens is 2. The number of nitrogens with zero attached hydrogens (tertiary/aromatic N) is 10. The van der Waals surface area contributed by atoms with Crippen LogP contribution in [0, 0.1) is 182 Å². The Morgan fingerprint density at radius 1 is 0.344 bits per heavy atom. The maximum absolute atomic E-state index is 13.8. The van der Waals surface area contributed by atoms with Crippen molar-refractivity contribution in [1.82, 2.24) is 49.1 Å². The molecule has 0 spiro atoms.